The molecule has 0 bridgehead atoms. The molecule has 0 amide bonds. The van der Waals surface area contributed by atoms with Crippen LogP contribution in [0, 0.1) is 0 Å². The fraction of sp³-hybridized carbons (Fsp3) is 0.474. The van der Waals surface area contributed by atoms with E-state index < -0.39 is 11.2 Å². The third-order valence-corrected chi connectivity index (χ3v) is 7.22. The molecular weight excluding hydrogens is 455 g/mol. The second kappa shape index (κ2) is 13.6. The number of aliphatic carboxylic acids is 1. The van der Waals surface area contributed by atoms with Gasteiger partial charge in [0, 0.05) is 11.3 Å². The maximum absolute atomic E-state index is 11.6. The number of phenols is 1. The Bertz CT molecular complexity index is 869. The summed E-state index contributed by atoms with van der Waals surface area (Å²) in [6, 6.07) is 3.34. The number of ketones is 1. The molecule has 1 aromatic carbocycles. The quantitative estimate of drug-likeness (QED) is 0.203. The average molecular weight is 481 g/mol. The van der Waals surface area contributed by atoms with E-state index in [1.54, 1.807) is 30.8 Å². The molecule has 2 rings (SSSR count). The Hall–Kier alpha value is -0.780. The fourth-order valence-electron chi connectivity index (χ4n) is 2.43. The summed E-state index contributed by atoms with van der Waals surface area (Å²) in [5.74, 6) is 0.350. The number of nitrogens with zero attached hydrogens (tertiary/aromatic N) is 2. The fourth-order valence-corrected chi connectivity index (χ4v) is 5.52. The number of benzene rings is 1. The molecule has 1 aromatic heterocycles. The number of thioether (sulfide) groups is 2. The SMILES string of the molecule is CCCc1c(OCCCSc2nnc(SC(C)C(=O)O)s2)ccc(C(C)=O)c1O.[H-].[Na+]. The van der Waals surface area contributed by atoms with Gasteiger partial charge in [0.25, 0.3) is 0 Å². The van der Waals surface area contributed by atoms with Gasteiger partial charge in [0.05, 0.1) is 12.2 Å². The average Bonchev–Trinajstić information content (AvgIpc) is 3.10. The molecule has 0 spiro atoms. The number of phenolic OH excluding ortho intramolecular Hbond substituents is 1. The summed E-state index contributed by atoms with van der Waals surface area (Å²) in [7, 11) is 0. The summed E-state index contributed by atoms with van der Waals surface area (Å²) < 4.78 is 7.28. The standard InChI is InChI=1S/C19H24N2O5S3.Na.H/c1-4-6-14-15(8-7-13(11(2)22)16(14)23)26-9-5-10-27-18-20-21-19(29-18)28-12(3)17(24)25;;/h7-8,12,23H,4-6,9-10H2,1-3H3,(H,24,25);;/q;+1;-1. The minimum Gasteiger partial charge on any atom is -1.00 e. The van der Waals surface area contributed by atoms with Gasteiger partial charge in [-0.3, -0.25) is 9.59 Å². The zero-order valence-electron chi connectivity index (χ0n) is 18.5. The van der Waals surface area contributed by atoms with Crippen molar-refractivity contribution in [1.82, 2.24) is 10.2 Å². The molecule has 2 aromatic rings. The number of aromatic hydroxyl groups is 1. The van der Waals surface area contributed by atoms with Gasteiger partial charge in [0.15, 0.2) is 14.5 Å². The molecule has 0 saturated heterocycles. The van der Waals surface area contributed by atoms with Crippen LogP contribution in [0.1, 0.15) is 51.0 Å². The van der Waals surface area contributed by atoms with E-state index in [4.69, 9.17) is 9.84 Å². The number of carboxylic acids is 1. The van der Waals surface area contributed by atoms with Gasteiger partial charge in [-0.05, 0) is 38.8 Å². The Balaban J connectivity index is 0.00000450. The maximum atomic E-state index is 11.6. The molecule has 0 radical (unpaired) electrons. The second-order valence-corrected chi connectivity index (χ2v) is 10.1. The van der Waals surface area contributed by atoms with E-state index in [-0.39, 0.29) is 42.5 Å². The first-order valence-electron chi connectivity index (χ1n) is 9.17. The van der Waals surface area contributed by atoms with Crippen LogP contribution in [-0.4, -0.2) is 49.8 Å². The molecular formula is C19H25N2NaO5S3. The van der Waals surface area contributed by atoms with Gasteiger partial charge in [0.2, 0.25) is 0 Å². The van der Waals surface area contributed by atoms with Crippen molar-refractivity contribution < 1.29 is 55.5 Å². The number of hydrogen-bond donors (Lipinski definition) is 2. The van der Waals surface area contributed by atoms with Crippen molar-refractivity contribution in [2.75, 3.05) is 12.4 Å². The number of aromatic nitrogens is 2. The van der Waals surface area contributed by atoms with Gasteiger partial charge >= 0.3 is 35.5 Å². The smallest absolute Gasteiger partial charge is 1.00 e. The molecule has 2 N–H and O–H groups in total. The largest absolute Gasteiger partial charge is 1.00 e. The van der Waals surface area contributed by atoms with Crippen molar-refractivity contribution in [2.24, 2.45) is 0 Å². The molecule has 0 saturated carbocycles. The zero-order chi connectivity index (χ0) is 21.4. The molecule has 0 aliphatic rings. The van der Waals surface area contributed by atoms with Crippen molar-refractivity contribution >= 4 is 46.6 Å². The Morgan fingerprint density at radius 3 is 2.63 bits per heavy atom. The van der Waals surface area contributed by atoms with Crippen LogP contribution in [-0.2, 0) is 11.2 Å². The molecule has 1 atom stereocenters. The molecule has 7 nitrogen and oxygen atoms in total. The van der Waals surface area contributed by atoms with E-state index in [2.05, 4.69) is 10.2 Å². The van der Waals surface area contributed by atoms with Gasteiger partial charge in [-0.2, -0.15) is 0 Å². The van der Waals surface area contributed by atoms with E-state index >= 15 is 0 Å². The van der Waals surface area contributed by atoms with Crippen LogP contribution < -0.4 is 34.3 Å². The van der Waals surface area contributed by atoms with Crippen LogP contribution >= 0.6 is 34.9 Å². The number of hydrogen-bond acceptors (Lipinski definition) is 9. The van der Waals surface area contributed by atoms with Gasteiger partial charge in [-0.1, -0.05) is 48.2 Å². The van der Waals surface area contributed by atoms with Crippen LogP contribution in [0.5, 0.6) is 11.5 Å². The monoisotopic (exact) mass is 480 g/mol. The molecule has 11 heteroatoms. The molecule has 1 unspecified atom stereocenters. The molecule has 1 heterocycles. The summed E-state index contributed by atoms with van der Waals surface area (Å²) >= 11 is 4.11. The van der Waals surface area contributed by atoms with Crippen molar-refractivity contribution in [3.05, 3.63) is 23.3 Å². The predicted octanol–water partition coefficient (Wildman–Crippen LogP) is 1.64. The van der Waals surface area contributed by atoms with Crippen LogP contribution in [0.3, 0.4) is 0 Å². The van der Waals surface area contributed by atoms with Crippen LogP contribution in [0.25, 0.3) is 0 Å². The van der Waals surface area contributed by atoms with E-state index in [1.165, 1.54) is 30.0 Å². The van der Waals surface area contributed by atoms with Crippen LogP contribution in [0.2, 0.25) is 0 Å². The molecule has 160 valence electrons. The number of rotatable bonds is 12. The Morgan fingerprint density at radius 2 is 2.00 bits per heavy atom. The van der Waals surface area contributed by atoms with Gasteiger partial charge in [-0.25, -0.2) is 0 Å². The summed E-state index contributed by atoms with van der Waals surface area (Å²) in [6.45, 7) is 5.53. The Labute approximate surface area is 212 Å². The van der Waals surface area contributed by atoms with E-state index in [0.29, 0.717) is 34.2 Å². The number of ether oxygens (including phenoxy) is 1. The Kier molecular flexibility index (Phi) is 12.3. The molecule has 0 fully saturated rings. The number of carboxylic acid groups (broad SMARTS) is 1. The van der Waals surface area contributed by atoms with Crippen LogP contribution in [0.4, 0.5) is 0 Å². The second-order valence-electron chi connectivity index (χ2n) is 6.23. The summed E-state index contributed by atoms with van der Waals surface area (Å²) in [4.78, 5) is 22.5. The number of Topliss-reactive ketones (excluding diaryl/α,β-unsaturated/α-hetero) is 1. The minimum atomic E-state index is -0.874. The third kappa shape index (κ3) is 8.05. The van der Waals surface area contributed by atoms with Crippen molar-refractivity contribution in [3.63, 3.8) is 0 Å². The minimum absolute atomic E-state index is 0. The predicted molar refractivity (Wildman–Crippen MR) is 117 cm³/mol. The first kappa shape index (κ1) is 27.3. The molecule has 0 aliphatic carbocycles. The normalized spacial score (nSPS) is 11.6. The van der Waals surface area contributed by atoms with E-state index in [9.17, 15) is 14.7 Å². The number of carbonyl (C=O) groups excluding carboxylic acids is 1. The maximum Gasteiger partial charge on any atom is 1.00 e. The van der Waals surface area contributed by atoms with Crippen LogP contribution in [0.15, 0.2) is 20.8 Å². The summed E-state index contributed by atoms with van der Waals surface area (Å²) in [5, 5.41) is 26.8. The molecule has 30 heavy (non-hydrogen) atoms. The van der Waals surface area contributed by atoms with E-state index in [1.807, 2.05) is 6.92 Å². The van der Waals surface area contributed by atoms with Gasteiger partial charge in [-0.15, -0.1) is 10.2 Å². The van der Waals surface area contributed by atoms with Crippen molar-refractivity contribution in [3.8, 4) is 11.5 Å². The first-order valence-corrected chi connectivity index (χ1v) is 11.9. The van der Waals surface area contributed by atoms with Crippen molar-refractivity contribution in [1.29, 1.82) is 0 Å². The topological polar surface area (TPSA) is 110 Å². The zero-order valence-corrected chi connectivity index (χ0v) is 22.0. The van der Waals surface area contributed by atoms with Gasteiger partial charge < -0.3 is 16.4 Å². The third-order valence-electron chi connectivity index (χ3n) is 3.90. The van der Waals surface area contributed by atoms with Crippen molar-refractivity contribution in [2.45, 2.75) is 54.0 Å². The van der Waals surface area contributed by atoms with E-state index in [0.717, 1.165) is 22.9 Å². The van der Waals surface area contributed by atoms with Gasteiger partial charge in [0.1, 0.15) is 16.7 Å². The summed E-state index contributed by atoms with van der Waals surface area (Å²) in [6.07, 6.45) is 2.23. The number of carbonyl (C=O) groups is 2. The molecule has 0 aliphatic heterocycles. The Morgan fingerprint density at radius 1 is 1.30 bits per heavy atom. The summed E-state index contributed by atoms with van der Waals surface area (Å²) in [5.41, 5.74) is 0.990. The first-order chi connectivity index (χ1) is 13.8.